The van der Waals surface area contributed by atoms with Gasteiger partial charge in [0.2, 0.25) is 0 Å². The molecule has 0 saturated carbocycles. The van der Waals surface area contributed by atoms with Crippen LogP contribution in [0.1, 0.15) is 36.7 Å². The number of carboxylic acids is 1. The first-order valence-electron chi connectivity index (χ1n) is 7.17. The molecule has 1 rings (SSSR count). The molecule has 0 aliphatic rings. The topological polar surface area (TPSA) is 110 Å². The number of amides is 1. The predicted molar refractivity (Wildman–Crippen MR) is 92.8 cm³/mol. The van der Waals surface area contributed by atoms with Crippen LogP contribution >= 0.6 is 0 Å². The van der Waals surface area contributed by atoms with Crippen LogP contribution in [-0.2, 0) is 4.79 Å². The van der Waals surface area contributed by atoms with E-state index < -0.39 is 11.9 Å². The Morgan fingerprint density at radius 2 is 1.88 bits per heavy atom. The summed E-state index contributed by atoms with van der Waals surface area (Å²) in [4.78, 5) is 23.1. The molecule has 1 aromatic carbocycles. The highest BCUT2D eigenvalue weighted by Crippen LogP contribution is 2.18. The number of carbonyl (C=O) groups excluding carboxylic acids is 1. The van der Waals surface area contributed by atoms with E-state index in [1.165, 1.54) is 43.4 Å². The predicted octanol–water partition coefficient (Wildman–Crippen LogP) is 3.80. The molecule has 0 aromatic heterocycles. The lowest BCUT2D eigenvalue weighted by Crippen LogP contribution is -2.15. The Hall–Kier alpha value is -3.33. The fourth-order valence-corrected chi connectivity index (χ4v) is 1.47. The average Bonchev–Trinajstić information content (AvgIpc) is 2.60. The smallest absolute Gasteiger partial charge is 0.337 e. The Morgan fingerprint density at radius 3 is 2.38 bits per heavy atom. The third-order valence-electron chi connectivity index (χ3n) is 2.70. The van der Waals surface area contributed by atoms with E-state index in [9.17, 15) is 14.7 Å². The van der Waals surface area contributed by atoms with E-state index >= 15 is 0 Å². The summed E-state index contributed by atoms with van der Waals surface area (Å²) in [6.07, 6.45) is 3.88. The Labute approximate surface area is 141 Å². The molecule has 0 atom stereocenters. The third kappa shape index (κ3) is 6.20. The van der Waals surface area contributed by atoms with Crippen molar-refractivity contribution in [2.45, 2.75) is 20.8 Å². The molecular formula is C18H20N2O4. The van der Waals surface area contributed by atoms with Crippen molar-refractivity contribution >= 4 is 17.6 Å². The zero-order valence-electron chi connectivity index (χ0n) is 13.8. The standard InChI is InChI=1S/C16H14N2O4.C2H6/c1-3-12(19)6-4-10(2)15(20)18-14-7-5-11(9-17)8-13(14)16(21)22;1-2/h3-8,19H,1H2,2H3,(H,18,20)(H,21,22);1-2H3/b10-4+,12-6+;. The van der Waals surface area contributed by atoms with E-state index in [1.807, 2.05) is 19.9 Å². The van der Waals surface area contributed by atoms with Gasteiger partial charge in [-0.1, -0.05) is 26.5 Å². The summed E-state index contributed by atoms with van der Waals surface area (Å²) < 4.78 is 0. The highest BCUT2D eigenvalue weighted by atomic mass is 16.4. The summed E-state index contributed by atoms with van der Waals surface area (Å²) in [6, 6.07) is 5.77. The first kappa shape index (κ1) is 20.7. The van der Waals surface area contributed by atoms with Crippen molar-refractivity contribution in [3.63, 3.8) is 0 Å². The van der Waals surface area contributed by atoms with Crippen molar-refractivity contribution in [1.82, 2.24) is 0 Å². The summed E-state index contributed by atoms with van der Waals surface area (Å²) in [5.74, 6) is -1.88. The summed E-state index contributed by atoms with van der Waals surface area (Å²) in [5.41, 5.74) is 0.349. The second-order valence-electron chi connectivity index (χ2n) is 4.28. The van der Waals surface area contributed by atoms with E-state index in [0.717, 1.165) is 0 Å². The number of hydrogen-bond acceptors (Lipinski definition) is 4. The van der Waals surface area contributed by atoms with Crippen molar-refractivity contribution in [3.05, 3.63) is 65.5 Å². The number of anilines is 1. The van der Waals surface area contributed by atoms with Gasteiger partial charge >= 0.3 is 5.97 Å². The van der Waals surface area contributed by atoms with Crippen LogP contribution in [0, 0.1) is 11.3 Å². The number of nitrogens with zero attached hydrogens (tertiary/aromatic N) is 1. The molecule has 0 bridgehead atoms. The van der Waals surface area contributed by atoms with Crippen LogP contribution in [-0.4, -0.2) is 22.1 Å². The highest BCUT2D eigenvalue weighted by molar-refractivity contribution is 6.07. The molecule has 0 aliphatic heterocycles. The number of aromatic carboxylic acids is 1. The lowest BCUT2D eigenvalue weighted by Gasteiger charge is -2.08. The van der Waals surface area contributed by atoms with Crippen LogP contribution in [0.25, 0.3) is 0 Å². The summed E-state index contributed by atoms with van der Waals surface area (Å²) >= 11 is 0. The number of aliphatic hydroxyl groups excluding tert-OH is 1. The molecule has 0 fully saturated rings. The molecule has 0 heterocycles. The number of carbonyl (C=O) groups is 2. The largest absolute Gasteiger partial charge is 0.508 e. The number of nitriles is 1. The number of hydrogen-bond donors (Lipinski definition) is 3. The molecule has 6 nitrogen and oxygen atoms in total. The number of benzene rings is 1. The van der Waals surface area contributed by atoms with Crippen LogP contribution in [0.15, 0.2) is 54.3 Å². The number of aliphatic hydroxyl groups is 1. The minimum absolute atomic E-state index is 0.0844. The Bertz CT molecular complexity index is 725. The Morgan fingerprint density at radius 1 is 1.25 bits per heavy atom. The fraction of sp³-hybridized carbons (Fsp3) is 0.167. The number of rotatable bonds is 5. The van der Waals surface area contributed by atoms with Crippen molar-refractivity contribution in [2.24, 2.45) is 0 Å². The molecular weight excluding hydrogens is 308 g/mol. The van der Waals surface area contributed by atoms with Gasteiger partial charge in [0.1, 0.15) is 5.76 Å². The number of allylic oxidation sites excluding steroid dienone is 3. The van der Waals surface area contributed by atoms with Crippen molar-refractivity contribution in [3.8, 4) is 6.07 Å². The van der Waals surface area contributed by atoms with Gasteiger partial charge in [-0.15, -0.1) is 0 Å². The van der Waals surface area contributed by atoms with Crippen molar-refractivity contribution < 1.29 is 19.8 Å². The maximum Gasteiger partial charge on any atom is 0.337 e. The maximum atomic E-state index is 12.0. The van der Waals surface area contributed by atoms with Gasteiger partial charge in [0.05, 0.1) is 22.9 Å². The molecule has 3 N–H and O–H groups in total. The van der Waals surface area contributed by atoms with Gasteiger partial charge in [-0.3, -0.25) is 4.79 Å². The minimum atomic E-state index is -1.25. The fourth-order valence-electron chi connectivity index (χ4n) is 1.47. The molecule has 0 unspecified atom stereocenters. The van der Waals surface area contributed by atoms with E-state index in [-0.39, 0.29) is 28.1 Å². The van der Waals surface area contributed by atoms with Crippen LogP contribution < -0.4 is 5.32 Å². The van der Waals surface area contributed by atoms with Gasteiger partial charge in [-0.25, -0.2) is 4.79 Å². The molecule has 1 aromatic rings. The van der Waals surface area contributed by atoms with Gasteiger partial charge in [-0.2, -0.15) is 5.26 Å². The molecule has 0 aliphatic carbocycles. The highest BCUT2D eigenvalue weighted by Gasteiger charge is 2.14. The van der Waals surface area contributed by atoms with Crippen molar-refractivity contribution in [1.29, 1.82) is 5.26 Å². The molecule has 24 heavy (non-hydrogen) atoms. The lowest BCUT2D eigenvalue weighted by atomic mass is 10.1. The molecule has 6 heteroatoms. The van der Waals surface area contributed by atoms with Gasteiger partial charge in [-0.05, 0) is 37.3 Å². The lowest BCUT2D eigenvalue weighted by molar-refractivity contribution is -0.112. The number of nitrogens with one attached hydrogen (secondary N) is 1. The number of carboxylic acid groups (broad SMARTS) is 1. The van der Waals surface area contributed by atoms with Gasteiger partial charge < -0.3 is 15.5 Å². The van der Waals surface area contributed by atoms with Crippen LogP contribution in [0.2, 0.25) is 0 Å². The normalized spacial score (nSPS) is 10.8. The van der Waals surface area contributed by atoms with Gasteiger partial charge in [0.25, 0.3) is 5.91 Å². The third-order valence-corrected chi connectivity index (χ3v) is 2.70. The summed E-state index contributed by atoms with van der Waals surface area (Å²) in [5, 5.41) is 29.6. The summed E-state index contributed by atoms with van der Waals surface area (Å²) in [6.45, 7) is 8.87. The zero-order valence-corrected chi connectivity index (χ0v) is 13.8. The first-order chi connectivity index (χ1) is 11.4. The van der Waals surface area contributed by atoms with E-state index in [1.54, 1.807) is 0 Å². The molecule has 0 spiro atoms. The van der Waals surface area contributed by atoms with E-state index in [2.05, 4.69) is 11.9 Å². The van der Waals surface area contributed by atoms with E-state index in [4.69, 9.17) is 10.4 Å². The SMILES string of the molecule is C=C/C(O)=C\C=C(/C)C(=O)Nc1ccc(C#N)cc1C(=O)O.CC. The Kier molecular flexibility index (Phi) is 8.96. The monoisotopic (exact) mass is 328 g/mol. The molecule has 1 amide bonds. The zero-order chi connectivity index (χ0) is 18.7. The van der Waals surface area contributed by atoms with Crippen LogP contribution in [0.4, 0.5) is 5.69 Å². The first-order valence-corrected chi connectivity index (χ1v) is 7.17. The van der Waals surface area contributed by atoms with Gasteiger partial charge in [0, 0.05) is 5.57 Å². The van der Waals surface area contributed by atoms with Crippen LogP contribution in [0.3, 0.4) is 0 Å². The molecule has 0 saturated heterocycles. The molecule has 0 radical (unpaired) electrons. The second-order valence-corrected chi connectivity index (χ2v) is 4.28. The van der Waals surface area contributed by atoms with Gasteiger partial charge in [0.15, 0.2) is 0 Å². The minimum Gasteiger partial charge on any atom is -0.508 e. The maximum absolute atomic E-state index is 12.0. The molecule has 126 valence electrons. The summed E-state index contributed by atoms with van der Waals surface area (Å²) in [7, 11) is 0. The van der Waals surface area contributed by atoms with Crippen molar-refractivity contribution in [2.75, 3.05) is 5.32 Å². The quantitative estimate of drug-likeness (QED) is 0.432. The van der Waals surface area contributed by atoms with E-state index in [0.29, 0.717) is 0 Å². The average molecular weight is 328 g/mol. The van der Waals surface area contributed by atoms with Crippen LogP contribution in [0.5, 0.6) is 0 Å². The second kappa shape index (κ2) is 10.4. The Balaban J connectivity index is 0.00000254.